The molecule has 2 atom stereocenters. The summed E-state index contributed by atoms with van der Waals surface area (Å²) < 4.78 is 0. The Balaban J connectivity index is 2.06. The van der Waals surface area contributed by atoms with Crippen molar-refractivity contribution in [3.8, 4) is 0 Å². The number of anilines is 1. The van der Waals surface area contributed by atoms with Gasteiger partial charge in [0.25, 0.3) is 5.91 Å². The minimum absolute atomic E-state index is 0.494. The second-order valence-electron chi connectivity index (χ2n) is 4.80. The quantitative estimate of drug-likeness (QED) is 0.813. The number of rotatable bonds is 4. The Morgan fingerprint density at radius 1 is 1.14 bits per heavy atom. The van der Waals surface area contributed by atoms with Gasteiger partial charge in [0.1, 0.15) is 6.10 Å². The van der Waals surface area contributed by atoms with E-state index in [4.69, 9.17) is 11.6 Å². The van der Waals surface area contributed by atoms with Crippen LogP contribution in [0.3, 0.4) is 0 Å². The second kappa shape index (κ2) is 6.72. The Morgan fingerprint density at radius 3 is 2.43 bits per heavy atom. The zero-order valence-corrected chi connectivity index (χ0v) is 12.2. The Hall–Kier alpha value is -1.88. The van der Waals surface area contributed by atoms with Gasteiger partial charge in [-0.1, -0.05) is 41.4 Å². The molecule has 0 fully saturated rings. The third-order valence-electron chi connectivity index (χ3n) is 3.06. The lowest BCUT2D eigenvalue weighted by Crippen LogP contribution is -2.33. The van der Waals surface area contributed by atoms with E-state index in [1.54, 1.807) is 42.5 Å². The monoisotopic (exact) mass is 305 g/mol. The maximum absolute atomic E-state index is 11.9. The van der Waals surface area contributed by atoms with Gasteiger partial charge in [-0.25, -0.2) is 0 Å². The van der Waals surface area contributed by atoms with Crippen molar-refractivity contribution in [2.45, 2.75) is 19.1 Å². The summed E-state index contributed by atoms with van der Waals surface area (Å²) in [5.74, 6) is -0.675. The molecule has 0 aromatic heterocycles. The van der Waals surface area contributed by atoms with Crippen LogP contribution in [0.4, 0.5) is 5.69 Å². The molecule has 21 heavy (non-hydrogen) atoms. The maximum Gasteiger partial charge on any atom is 0.256 e. The first-order chi connectivity index (χ1) is 9.97. The average molecular weight is 306 g/mol. The van der Waals surface area contributed by atoms with E-state index in [2.05, 4.69) is 5.32 Å². The number of aliphatic hydroxyl groups excluding tert-OH is 2. The summed E-state index contributed by atoms with van der Waals surface area (Å²) in [6.45, 7) is 1.87. The van der Waals surface area contributed by atoms with Crippen LogP contribution in [0.25, 0.3) is 0 Å². The van der Waals surface area contributed by atoms with E-state index < -0.39 is 18.1 Å². The molecule has 0 saturated carbocycles. The summed E-state index contributed by atoms with van der Waals surface area (Å²) >= 11 is 5.75. The molecule has 5 heteroatoms. The fourth-order valence-electron chi connectivity index (χ4n) is 1.93. The summed E-state index contributed by atoms with van der Waals surface area (Å²) in [6.07, 6.45) is -2.83. The van der Waals surface area contributed by atoms with Gasteiger partial charge < -0.3 is 15.5 Å². The highest BCUT2D eigenvalue weighted by atomic mass is 35.5. The molecule has 4 nitrogen and oxygen atoms in total. The molecule has 110 valence electrons. The van der Waals surface area contributed by atoms with Crippen molar-refractivity contribution < 1.29 is 15.0 Å². The van der Waals surface area contributed by atoms with Crippen LogP contribution in [-0.2, 0) is 4.79 Å². The Kier molecular flexibility index (Phi) is 4.96. The molecule has 0 radical (unpaired) electrons. The van der Waals surface area contributed by atoms with Gasteiger partial charge in [0.05, 0.1) is 0 Å². The molecule has 0 aliphatic carbocycles. The lowest BCUT2D eigenvalue weighted by atomic mass is 10.0. The van der Waals surface area contributed by atoms with E-state index >= 15 is 0 Å². The third-order valence-corrected chi connectivity index (χ3v) is 3.32. The molecule has 1 amide bonds. The summed E-state index contributed by atoms with van der Waals surface area (Å²) in [5, 5.41) is 23.1. The summed E-state index contributed by atoms with van der Waals surface area (Å²) in [6, 6.07) is 13.5. The lowest BCUT2D eigenvalue weighted by Gasteiger charge is -2.18. The molecule has 0 aliphatic rings. The zero-order chi connectivity index (χ0) is 15.4. The number of carbonyl (C=O) groups is 1. The minimum atomic E-state index is -1.55. The van der Waals surface area contributed by atoms with Crippen molar-refractivity contribution in [1.82, 2.24) is 0 Å². The maximum atomic E-state index is 11.9. The molecule has 0 bridgehead atoms. The fourth-order valence-corrected chi connectivity index (χ4v) is 2.06. The molecule has 2 aromatic carbocycles. The number of halogens is 1. The number of aliphatic hydroxyl groups is 2. The standard InChI is InChI=1S/C16H16ClNO3/c1-10-3-2-4-11(9-10)14(19)15(20)16(21)18-13-7-5-12(17)6-8-13/h2-9,14-15,19-20H,1H3,(H,18,21). The van der Waals surface area contributed by atoms with E-state index in [0.717, 1.165) is 5.56 Å². The first-order valence-electron chi connectivity index (χ1n) is 6.46. The van der Waals surface area contributed by atoms with Gasteiger partial charge in [-0.15, -0.1) is 0 Å². The van der Waals surface area contributed by atoms with E-state index in [-0.39, 0.29) is 0 Å². The van der Waals surface area contributed by atoms with Gasteiger partial charge in [-0.2, -0.15) is 0 Å². The predicted octanol–water partition coefficient (Wildman–Crippen LogP) is 2.68. The molecule has 0 aliphatic heterocycles. The number of aryl methyl sites for hydroxylation is 1. The van der Waals surface area contributed by atoms with E-state index in [0.29, 0.717) is 16.3 Å². The van der Waals surface area contributed by atoms with Gasteiger partial charge in [0.2, 0.25) is 0 Å². The smallest absolute Gasteiger partial charge is 0.256 e. The van der Waals surface area contributed by atoms with Crippen molar-refractivity contribution in [3.05, 3.63) is 64.7 Å². The van der Waals surface area contributed by atoms with Gasteiger partial charge in [0.15, 0.2) is 6.10 Å². The largest absolute Gasteiger partial charge is 0.385 e. The number of hydrogen-bond donors (Lipinski definition) is 3. The van der Waals surface area contributed by atoms with Crippen LogP contribution in [0.15, 0.2) is 48.5 Å². The average Bonchev–Trinajstić information content (AvgIpc) is 2.48. The third kappa shape index (κ3) is 4.04. The van der Waals surface area contributed by atoms with Crippen molar-refractivity contribution in [1.29, 1.82) is 0 Å². The number of nitrogens with one attached hydrogen (secondary N) is 1. The number of benzene rings is 2. The zero-order valence-electron chi connectivity index (χ0n) is 11.5. The van der Waals surface area contributed by atoms with E-state index in [1.807, 2.05) is 13.0 Å². The highest BCUT2D eigenvalue weighted by molar-refractivity contribution is 6.30. The molecular formula is C16H16ClNO3. The van der Waals surface area contributed by atoms with Crippen LogP contribution in [0, 0.1) is 6.92 Å². The van der Waals surface area contributed by atoms with Crippen LogP contribution in [0.2, 0.25) is 5.02 Å². The normalized spacial score (nSPS) is 13.5. The Labute approximate surface area is 128 Å². The van der Waals surface area contributed by atoms with Crippen LogP contribution in [0.1, 0.15) is 17.2 Å². The number of hydrogen-bond acceptors (Lipinski definition) is 3. The van der Waals surface area contributed by atoms with Crippen molar-refractivity contribution in [3.63, 3.8) is 0 Å². The molecule has 2 unspecified atom stereocenters. The van der Waals surface area contributed by atoms with Gasteiger partial charge in [-0.05, 0) is 36.8 Å². The molecule has 0 spiro atoms. The van der Waals surface area contributed by atoms with Crippen LogP contribution in [-0.4, -0.2) is 22.2 Å². The first kappa shape index (κ1) is 15.5. The lowest BCUT2D eigenvalue weighted by molar-refractivity contribution is -0.129. The summed E-state index contributed by atoms with van der Waals surface area (Å²) in [5.41, 5.74) is 1.94. The van der Waals surface area contributed by atoms with Gasteiger partial charge in [0, 0.05) is 10.7 Å². The van der Waals surface area contributed by atoms with Crippen molar-refractivity contribution in [2.24, 2.45) is 0 Å². The second-order valence-corrected chi connectivity index (χ2v) is 5.24. The molecular weight excluding hydrogens is 290 g/mol. The molecule has 3 N–H and O–H groups in total. The topological polar surface area (TPSA) is 69.6 Å². The van der Waals surface area contributed by atoms with E-state index in [9.17, 15) is 15.0 Å². The predicted molar refractivity (Wildman–Crippen MR) is 82.2 cm³/mol. The molecule has 2 rings (SSSR count). The minimum Gasteiger partial charge on any atom is -0.385 e. The fraction of sp³-hybridized carbons (Fsp3) is 0.188. The number of carbonyl (C=O) groups excluding carboxylic acids is 1. The molecule has 2 aromatic rings. The highest BCUT2D eigenvalue weighted by Crippen LogP contribution is 2.20. The molecule has 0 heterocycles. The Morgan fingerprint density at radius 2 is 1.81 bits per heavy atom. The van der Waals surface area contributed by atoms with Crippen molar-refractivity contribution in [2.75, 3.05) is 5.32 Å². The van der Waals surface area contributed by atoms with Gasteiger partial charge in [-0.3, -0.25) is 4.79 Å². The first-order valence-corrected chi connectivity index (χ1v) is 6.84. The van der Waals surface area contributed by atoms with Gasteiger partial charge >= 0.3 is 0 Å². The van der Waals surface area contributed by atoms with Crippen LogP contribution in [0.5, 0.6) is 0 Å². The van der Waals surface area contributed by atoms with E-state index in [1.165, 1.54) is 0 Å². The summed E-state index contributed by atoms with van der Waals surface area (Å²) in [7, 11) is 0. The number of amides is 1. The SMILES string of the molecule is Cc1cccc(C(O)C(O)C(=O)Nc2ccc(Cl)cc2)c1. The van der Waals surface area contributed by atoms with Crippen molar-refractivity contribution >= 4 is 23.2 Å². The highest BCUT2D eigenvalue weighted by Gasteiger charge is 2.25. The summed E-state index contributed by atoms with van der Waals surface area (Å²) in [4.78, 5) is 11.9. The molecule has 0 saturated heterocycles. The van der Waals surface area contributed by atoms with Crippen LogP contribution >= 0.6 is 11.6 Å². The Bertz CT molecular complexity index is 628. The van der Waals surface area contributed by atoms with Crippen LogP contribution < -0.4 is 5.32 Å².